The second kappa shape index (κ2) is 5.89. The van der Waals surface area contributed by atoms with Crippen LogP contribution in [0.3, 0.4) is 0 Å². The van der Waals surface area contributed by atoms with Crippen molar-refractivity contribution in [1.82, 2.24) is 4.90 Å². The second-order valence-corrected chi connectivity index (χ2v) is 4.29. The molecule has 0 saturated heterocycles. The van der Waals surface area contributed by atoms with Crippen LogP contribution in [-0.2, 0) is 4.18 Å². The van der Waals surface area contributed by atoms with Crippen LogP contribution in [-0.4, -0.2) is 36.9 Å². The molecule has 1 saturated carbocycles. The summed E-state index contributed by atoms with van der Waals surface area (Å²) < 4.78 is 5.54. The van der Waals surface area contributed by atoms with Crippen LogP contribution < -0.4 is 0 Å². The topological polar surface area (TPSA) is 12.5 Å². The lowest BCUT2D eigenvalue weighted by Crippen LogP contribution is -2.36. The van der Waals surface area contributed by atoms with E-state index in [0.29, 0.717) is 6.10 Å². The van der Waals surface area contributed by atoms with Crippen molar-refractivity contribution < 1.29 is 4.18 Å². The molecule has 0 aromatic heterocycles. The van der Waals surface area contributed by atoms with Crippen molar-refractivity contribution in [2.24, 2.45) is 0 Å². The highest BCUT2D eigenvalue weighted by atomic mass is 32.2. The normalized spacial score (nSPS) is 29.5. The summed E-state index contributed by atoms with van der Waals surface area (Å²) in [6.45, 7) is 3.39. The second-order valence-electron chi connectivity index (χ2n) is 3.77. The van der Waals surface area contributed by atoms with Gasteiger partial charge in [-0.25, -0.2) is 0 Å². The van der Waals surface area contributed by atoms with Gasteiger partial charge in [0.2, 0.25) is 0 Å². The fourth-order valence-corrected chi connectivity index (χ4v) is 2.44. The Morgan fingerprint density at radius 1 is 1.31 bits per heavy atom. The van der Waals surface area contributed by atoms with E-state index in [4.69, 9.17) is 4.18 Å². The summed E-state index contributed by atoms with van der Waals surface area (Å²) in [4.78, 5) is 2.45. The third kappa shape index (κ3) is 3.49. The van der Waals surface area contributed by atoms with Gasteiger partial charge < -0.3 is 9.08 Å². The van der Waals surface area contributed by atoms with Crippen molar-refractivity contribution in [2.75, 3.05) is 19.8 Å². The van der Waals surface area contributed by atoms with Gasteiger partial charge in [0, 0.05) is 12.3 Å². The van der Waals surface area contributed by atoms with Crippen LogP contribution in [0.5, 0.6) is 0 Å². The Hall–Kier alpha value is 0.270. The molecule has 0 aromatic rings. The molecule has 13 heavy (non-hydrogen) atoms. The Bertz CT molecular complexity index is 135. The molecule has 0 unspecified atom stereocenters. The molecular formula is C10H21NOS. The van der Waals surface area contributed by atoms with Crippen molar-refractivity contribution >= 4 is 12.0 Å². The van der Waals surface area contributed by atoms with Gasteiger partial charge in [-0.1, -0.05) is 6.92 Å². The molecule has 0 atom stereocenters. The number of nitrogens with zero attached hydrogens (tertiary/aromatic N) is 1. The zero-order valence-electron chi connectivity index (χ0n) is 8.95. The molecule has 0 heterocycles. The highest BCUT2D eigenvalue weighted by molar-refractivity contribution is 7.93. The van der Waals surface area contributed by atoms with Crippen LogP contribution in [0.2, 0.25) is 0 Å². The summed E-state index contributed by atoms with van der Waals surface area (Å²) in [6.07, 6.45) is 7.58. The standard InChI is InChI=1S/C10H21NOS/c1-4-11(2)9-5-7-10(8-6-9)12-13-3/h9-10H,4-8H2,1-3H3. The van der Waals surface area contributed by atoms with E-state index < -0.39 is 0 Å². The largest absolute Gasteiger partial charge is 0.312 e. The average molecular weight is 203 g/mol. The van der Waals surface area contributed by atoms with E-state index in [2.05, 4.69) is 18.9 Å². The molecule has 0 N–H and O–H groups in total. The first-order valence-electron chi connectivity index (χ1n) is 5.17. The number of hydrogen-bond donors (Lipinski definition) is 0. The molecule has 0 aromatic carbocycles. The van der Waals surface area contributed by atoms with Gasteiger partial charge >= 0.3 is 0 Å². The summed E-state index contributed by atoms with van der Waals surface area (Å²) in [5.41, 5.74) is 0. The Labute approximate surface area is 86.2 Å². The first kappa shape index (κ1) is 11.3. The molecule has 2 nitrogen and oxygen atoms in total. The average Bonchev–Trinajstić information content (AvgIpc) is 2.18. The van der Waals surface area contributed by atoms with Gasteiger partial charge in [0.1, 0.15) is 0 Å². The third-order valence-electron chi connectivity index (χ3n) is 3.00. The van der Waals surface area contributed by atoms with Crippen LogP contribution in [0.25, 0.3) is 0 Å². The Morgan fingerprint density at radius 3 is 2.38 bits per heavy atom. The Balaban J connectivity index is 2.22. The smallest absolute Gasteiger partial charge is 0.0723 e. The quantitative estimate of drug-likeness (QED) is 0.652. The van der Waals surface area contributed by atoms with E-state index in [1.807, 2.05) is 6.26 Å². The zero-order chi connectivity index (χ0) is 9.68. The summed E-state index contributed by atoms with van der Waals surface area (Å²) >= 11 is 1.51. The maximum absolute atomic E-state index is 5.54. The van der Waals surface area contributed by atoms with Crippen LogP contribution in [0.1, 0.15) is 32.6 Å². The van der Waals surface area contributed by atoms with Crippen LogP contribution >= 0.6 is 12.0 Å². The molecule has 3 heteroatoms. The molecule has 1 aliphatic carbocycles. The van der Waals surface area contributed by atoms with Crippen molar-refractivity contribution in [3.63, 3.8) is 0 Å². The molecule has 1 rings (SSSR count). The Morgan fingerprint density at radius 2 is 1.92 bits per heavy atom. The summed E-state index contributed by atoms with van der Waals surface area (Å²) in [5, 5.41) is 0. The molecule has 0 spiro atoms. The van der Waals surface area contributed by atoms with E-state index >= 15 is 0 Å². The van der Waals surface area contributed by atoms with Crippen molar-refractivity contribution in [1.29, 1.82) is 0 Å². The van der Waals surface area contributed by atoms with Gasteiger partial charge in [-0.2, -0.15) is 0 Å². The van der Waals surface area contributed by atoms with Gasteiger partial charge in [0.05, 0.1) is 6.10 Å². The molecule has 78 valence electrons. The lowest BCUT2D eigenvalue weighted by molar-refractivity contribution is 0.119. The highest BCUT2D eigenvalue weighted by Crippen LogP contribution is 2.26. The van der Waals surface area contributed by atoms with Crippen molar-refractivity contribution in [3.05, 3.63) is 0 Å². The first-order chi connectivity index (χ1) is 6.27. The monoisotopic (exact) mass is 203 g/mol. The van der Waals surface area contributed by atoms with Crippen molar-refractivity contribution in [3.8, 4) is 0 Å². The van der Waals surface area contributed by atoms with E-state index in [1.165, 1.54) is 44.3 Å². The molecule has 0 radical (unpaired) electrons. The molecule has 0 amide bonds. The van der Waals surface area contributed by atoms with E-state index in [-0.39, 0.29) is 0 Å². The Kier molecular flexibility index (Phi) is 5.14. The van der Waals surface area contributed by atoms with Crippen LogP contribution in [0.4, 0.5) is 0 Å². The molecule has 0 bridgehead atoms. The van der Waals surface area contributed by atoms with Crippen LogP contribution in [0, 0.1) is 0 Å². The molecule has 1 aliphatic rings. The molecular weight excluding hydrogens is 182 g/mol. The fourth-order valence-electron chi connectivity index (χ4n) is 1.98. The van der Waals surface area contributed by atoms with E-state index in [9.17, 15) is 0 Å². The van der Waals surface area contributed by atoms with Gasteiger partial charge in [0.15, 0.2) is 0 Å². The predicted molar refractivity (Wildman–Crippen MR) is 58.9 cm³/mol. The lowest BCUT2D eigenvalue weighted by atomic mass is 9.92. The SMILES string of the molecule is CCN(C)C1CCC(OSC)CC1. The fraction of sp³-hybridized carbons (Fsp3) is 1.00. The summed E-state index contributed by atoms with van der Waals surface area (Å²) in [6, 6.07) is 0.798. The molecule has 0 aliphatic heterocycles. The van der Waals surface area contributed by atoms with E-state index in [1.54, 1.807) is 0 Å². The maximum Gasteiger partial charge on any atom is 0.0723 e. The highest BCUT2D eigenvalue weighted by Gasteiger charge is 2.23. The minimum absolute atomic E-state index is 0.511. The lowest BCUT2D eigenvalue weighted by Gasteiger charge is -2.33. The van der Waals surface area contributed by atoms with E-state index in [0.717, 1.165) is 6.04 Å². The minimum Gasteiger partial charge on any atom is -0.312 e. The molecule has 1 fully saturated rings. The van der Waals surface area contributed by atoms with Gasteiger partial charge in [-0.05, 0) is 51.3 Å². The van der Waals surface area contributed by atoms with Crippen molar-refractivity contribution in [2.45, 2.75) is 44.8 Å². The van der Waals surface area contributed by atoms with Crippen LogP contribution in [0.15, 0.2) is 0 Å². The minimum atomic E-state index is 0.511. The summed E-state index contributed by atoms with van der Waals surface area (Å²) in [7, 11) is 2.22. The summed E-state index contributed by atoms with van der Waals surface area (Å²) in [5.74, 6) is 0. The van der Waals surface area contributed by atoms with Gasteiger partial charge in [0.25, 0.3) is 0 Å². The third-order valence-corrected chi connectivity index (χ3v) is 3.46. The number of hydrogen-bond acceptors (Lipinski definition) is 3. The first-order valence-corrected chi connectivity index (χ1v) is 6.32. The van der Waals surface area contributed by atoms with Gasteiger partial charge in [-0.3, -0.25) is 0 Å². The van der Waals surface area contributed by atoms with Gasteiger partial charge in [-0.15, -0.1) is 0 Å². The zero-order valence-corrected chi connectivity index (χ0v) is 9.77. The maximum atomic E-state index is 5.54. The number of rotatable bonds is 4. The predicted octanol–water partition coefficient (Wildman–Crippen LogP) is 2.54.